The van der Waals surface area contributed by atoms with Crippen LogP contribution in [0.3, 0.4) is 0 Å². The van der Waals surface area contributed by atoms with E-state index in [1.807, 2.05) is 19.9 Å². The van der Waals surface area contributed by atoms with Crippen LogP contribution in [0.25, 0.3) is 0 Å². The van der Waals surface area contributed by atoms with Crippen molar-refractivity contribution < 1.29 is 78.2 Å². The van der Waals surface area contributed by atoms with Crippen LogP contribution in [0.2, 0.25) is 0 Å². The van der Waals surface area contributed by atoms with Gasteiger partial charge in [0, 0.05) is 19.1 Å². The molecule has 3 aliphatic rings. The third-order valence-corrected chi connectivity index (χ3v) is 19.2. The summed E-state index contributed by atoms with van der Waals surface area (Å²) in [5.41, 5.74) is 9.26. The van der Waals surface area contributed by atoms with Gasteiger partial charge in [-0.2, -0.15) is 0 Å². The van der Waals surface area contributed by atoms with Gasteiger partial charge in [0.05, 0.1) is 62.4 Å². The van der Waals surface area contributed by atoms with Gasteiger partial charge in [-0.25, -0.2) is 70.0 Å². The second-order valence-corrected chi connectivity index (χ2v) is 32.6. The lowest BCUT2D eigenvalue weighted by Crippen LogP contribution is -2.46. The summed E-state index contributed by atoms with van der Waals surface area (Å²) in [6.45, 7) is 23.4. The second kappa shape index (κ2) is 35.6. The lowest BCUT2D eigenvalue weighted by Gasteiger charge is -2.38. The van der Waals surface area contributed by atoms with Crippen molar-refractivity contribution in [3.8, 4) is 0 Å². The van der Waals surface area contributed by atoms with E-state index >= 15 is 0 Å². The molecule has 3 aromatic heterocycles. The summed E-state index contributed by atoms with van der Waals surface area (Å²) in [5, 5.41) is 39.9. The topological polar surface area (TPSA) is 499 Å². The summed E-state index contributed by atoms with van der Waals surface area (Å²) < 4.78 is 79.9. The normalized spacial score (nSPS) is 18.2. The quantitative estimate of drug-likeness (QED) is 0.0546. The number of sulfonamides is 3. The maximum Gasteiger partial charge on any atom is 0.413 e. The predicted octanol–water partition coefficient (Wildman–Crippen LogP) is 8.04. The molecule has 32 nitrogen and oxygen atoms in total. The Morgan fingerprint density at radius 2 is 0.838 bits per heavy atom. The molecule has 7 amide bonds. The summed E-state index contributed by atoms with van der Waals surface area (Å²) in [4.78, 5) is 112. The molecule has 3 fully saturated rings. The SMILES string of the molecule is C[C@@H]1CC[C@@H](c2cccc(S(N)(=O)=O)c2)NC1.Cc1cc(NC(=O)C(=O)N2C[C@H](C)CC[C@H]2c2cccc(S(N)(=O)=O)c2)cnc1N.Cc1cc(NC(=O)C(=O)N2C[C@H](C)CC[C@H]2c2cccc(S(N)(=O)=O)c2)cnc1NC(=O)OC(C)(C)C.Cc1cc(NC(=O)C(=O)O)cnc1NC(=O)OC(C)(C)C. The highest BCUT2D eigenvalue weighted by Gasteiger charge is 2.37. The van der Waals surface area contributed by atoms with E-state index < -0.39 is 101 Å². The van der Waals surface area contributed by atoms with Gasteiger partial charge >= 0.3 is 47.7 Å². The van der Waals surface area contributed by atoms with E-state index in [9.17, 15) is 63.6 Å². The van der Waals surface area contributed by atoms with Gasteiger partial charge < -0.3 is 51.4 Å². The number of nitrogen functional groups attached to an aromatic ring is 1. The number of hydrogen-bond acceptors (Lipinski definition) is 21. The van der Waals surface area contributed by atoms with E-state index in [2.05, 4.69) is 53.8 Å². The fourth-order valence-electron chi connectivity index (χ4n) is 11.3. The van der Waals surface area contributed by atoms with Gasteiger partial charge in [0.2, 0.25) is 30.1 Å². The van der Waals surface area contributed by atoms with Gasteiger partial charge in [0.1, 0.15) is 28.7 Å². The number of rotatable bonds is 11. The Morgan fingerprint density at radius 1 is 0.486 bits per heavy atom. The molecule has 0 aliphatic carbocycles. The number of anilines is 6. The number of piperidine rings is 3. The van der Waals surface area contributed by atoms with Crippen molar-refractivity contribution in [3.05, 3.63) is 143 Å². The maximum absolute atomic E-state index is 13.2. The van der Waals surface area contributed by atoms with Crippen LogP contribution < -0.4 is 53.1 Å². The van der Waals surface area contributed by atoms with E-state index in [0.717, 1.165) is 37.8 Å². The molecule has 0 spiro atoms. The Bertz CT molecular complexity index is 4560. The number of benzene rings is 3. The zero-order valence-electron chi connectivity index (χ0n) is 60.5. The minimum Gasteiger partial charge on any atom is -0.474 e. The first kappa shape index (κ1) is 83.9. The first-order chi connectivity index (χ1) is 48.7. The maximum atomic E-state index is 13.2. The molecule has 6 aromatic rings. The van der Waals surface area contributed by atoms with Crippen molar-refractivity contribution in [1.82, 2.24) is 30.1 Å². The van der Waals surface area contributed by atoms with Gasteiger partial charge in [0.25, 0.3) is 0 Å². The number of aromatic nitrogens is 3. The van der Waals surface area contributed by atoms with E-state index in [1.54, 1.807) is 111 Å². The number of nitrogens with zero attached hydrogens (tertiary/aromatic N) is 5. The molecular formula is C70H93N15O17S3. The van der Waals surface area contributed by atoms with E-state index in [4.69, 9.17) is 35.7 Å². The Morgan fingerprint density at radius 3 is 1.18 bits per heavy atom. The predicted molar refractivity (Wildman–Crippen MR) is 393 cm³/mol. The third-order valence-electron chi connectivity index (χ3n) is 16.4. The van der Waals surface area contributed by atoms with Crippen molar-refractivity contribution >= 4 is 112 Å². The second-order valence-electron chi connectivity index (χ2n) is 27.9. The van der Waals surface area contributed by atoms with Crippen LogP contribution in [0, 0.1) is 38.5 Å². The minimum absolute atomic E-state index is 0.0288. The van der Waals surface area contributed by atoms with Crippen molar-refractivity contribution in [3.63, 3.8) is 0 Å². The van der Waals surface area contributed by atoms with E-state index in [0.29, 0.717) is 71.2 Å². The highest BCUT2D eigenvalue weighted by molar-refractivity contribution is 7.89. The van der Waals surface area contributed by atoms with Crippen molar-refractivity contribution in [2.24, 2.45) is 33.2 Å². The van der Waals surface area contributed by atoms with Crippen molar-refractivity contribution in [2.45, 2.75) is 166 Å². The number of carbonyl (C=O) groups is 8. The van der Waals surface area contributed by atoms with Crippen LogP contribution in [0.5, 0.6) is 0 Å². The molecule has 3 aromatic carbocycles. The molecule has 35 heteroatoms. The molecule has 0 radical (unpaired) electrons. The average Bonchev–Trinajstić information content (AvgIpc) is 0.875. The molecule has 9 rings (SSSR count). The standard InChI is InChI=1S/C25H33N5O6S.C20H25N5O4S.C13H17N3O5.C12H18N2O2S/c1-15-9-10-20(17-7-6-8-19(12-17)37(26,34)35)30(14-15)23(32)22(31)28-18-11-16(2)21(27-13-18)29-24(33)36-25(3,4)5;1-12-6-7-17(14-4-3-5-16(9-14)30(22,28)29)25(11-12)20(27)19(26)24-15-8-13(2)18(21)23-10-15;1-7-5-8(15-10(17)11(18)19)6-14-9(7)16-12(20)21-13(2,3)4;1-9-5-6-12(14-8-9)10-3-2-4-11(7-10)17(13,15)16/h6-8,11-13,15,20H,9-10,14H2,1-5H3,(H,28,31)(H2,26,34,35)(H,27,29,33);3-5,8-10,12,17H,6-7,11H2,1-2H3,(H2,21,23)(H,24,26)(H2,22,28,29);5-6H,1-4H3,(H,15,17)(H,18,19)(H,14,16,20);2-4,7,9,12,14H,5-6,8H2,1H3,(H2,13,15,16)/t15-,20+;12-,17+;;9-,12+/m11.1/s1. The number of hydrogen-bond donors (Lipinski definition) is 11. The Balaban J connectivity index is 0.000000229. The highest BCUT2D eigenvalue weighted by atomic mass is 32.2. The van der Waals surface area contributed by atoms with Gasteiger partial charge in [-0.1, -0.05) is 57.2 Å². The lowest BCUT2D eigenvalue weighted by atomic mass is 9.90. The van der Waals surface area contributed by atoms with Gasteiger partial charge in [-0.05, 0) is 213 Å². The molecule has 3 aliphatic heterocycles. The molecule has 0 bridgehead atoms. The number of carbonyl (C=O) groups excluding carboxylic acids is 7. The number of nitrogens with two attached hydrogens (primary N) is 4. The Hall–Kier alpha value is -10.0. The number of pyridine rings is 3. The molecule has 6 heterocycles. The number of amides is 7. The minimum atomic E-state index is -3.92. The molecule has 0 unspecified atom stereocenters. The summed E-state index contributed by atoms with van der Waals surface area (Å²) >= 11 is 0. The van der Waals surface area contributed by atoms with Crippen molar-refractivity contribution in [1.29, 1.82) is 0 Å². The van der Waals surface area contributed by atoms with Crippen LogP contribution in [0.1, 0.15) is 152 Å². The average molecular weight is 1510 g/mol. The fourth-order valence-corrected chi connectivity index (χ4v) is 13.0. The number of primary sulfonamides is 3. The van der Waals surface area contributed by atoms with Crippen LogP contribution >= 0.6 is 0 Å². The zero-order valence-corrected chi connectivity index (χ0v) is 62.9. The van der Waals surface area contributed by atoms with Gasteiger partial charge in [-0.15, -0.1) is 0 Å². The number of aliphatic carboxylic acids is 1. The molecule has 0 saturated carbocycles. The first-order valence-electron chi connectivity index (χ1n) is 33.3. The van der Waals surface area contributed by atoms with Crippen LogP contribution in [0.15, 0.2) is 124 Å². The highest BCUT2D eigenvalue weighted by Crippen LogP contribution is 2.37. The number of nitrogens with one attached hydrogen (secondary N) is 6. The molecule has 6 atom stereocenters. The summed E-state index contributed by atoms with van der Waals surface area (Å²) in [6, 6.07) is 23.2. The van der Waals surface area contributed by atoms with Crippen molar-refractivity contribution in [2.75, 3.05) is 52.0 Å². The Labute approximate surface area is 611 Å². The first-order valence-corrected chi connectivity index (χ1v) is 37.9. The largest absolute Gasteiger partial charge is 0.474 e. The van der Waals surface area contributed by atoms with Gasteiger partial charge in [-0.3, -0.25) is 34.6 Å². The fraction of sp³-hybridized carbons (Fsp3) is 0.414. The smallest absolute Gasteiger partial charge is 0.413 e. The van der Waals surface area contributed by atoms with E-state index in [-0.39, 0.29) is 55.6 Å². The number of carboxylic acids is 1. The Kier molecular flexibility index (Phi) is 28.5. The van der Waals surface area contributed by atoms with Crippen LogP contribution in [-0.4, -0.2) is 134 Å². The molecular weight excluding hydrogens is 1420 g/mol. The number of carboxylic acid groups (broad SMARTS) is 1. The molecule has 105 heavy (non-hydrogen) atoms. The molecule has 3 saturated heterocycles. The summed E-state index contributed by atoms with van der Waals surface area (Å²) in [5.74, 6) is -3.90. The number of likely N-dealkylation sites (tertiary alicyclic amines) is 2. The zero-order chi connectivity index (χ0) is 78.3. The van der Waals surface area contributed by atoms with Gasteiger partial charge in [0.15, 0.2) is 0 Å². The van der Waals surface area contributed by atoms with E-state index in [1.165, 1.54) is 64.8 Å². The molecule has 15 N–H and O–H groups in total. The summed E-state index contributed by atoms with van der Waals surface area (Å²) in [6.07, 6.45) is 7.67. The lowest BCUT2D eigenvalue weighted by molar-refractivity contribution is -0.147. The monoisotopic (exact) mass is 1510 g/mol. The number of ether oxygens (including phenoxy) is 2. The molecule has 568 valence electrons. The third kappa shape index (κ3) is 26.0. The number of aryl methyl sites for hydroxylation is 3. The van der Waals surface area contributed by atoms with Crippen LogP contribution in [0.4, 0.5) is 44.1 Å². The van der Waals surface area contributed by atoms with Crippen LogP contribution in [-0.2, 0) is 68.3 Å². The summed E-state index contributed by atoms with van der Waals surface area (Å²) in [7, 11) is -11.4.